The van der Waals surface area contributed by atoms with Crippen LogP contribution in [-0.2, 0) is 0 Å². The molecule has 0 aliphatic heterocycles. The molecule has 0 saturated heterocycles. The van der Waals surface area contributed by atoms with Gasteiger partial charge in [-0.05, 0) is 31.1 Å². The molecule has 0 amide bonds. The molecule has 1 aromatic rings. The Balaban J connectivity index is 3.42. The van der Waals surface area contributed by atoms with Gasteiger partial charge in [0, 0.05) is 0 Å². The standard InChI is InChI=1S/C13H18O3/c1-9(7-8-14)12-11(15-3)6-5-10(2)13(12)16-4/h5-7,14H,8H2,1-4H3/b9-7+. The first-order valence-corrected chi connectivity index (χ1v) is 5.15. The number of aryl methyl sites for hydroxylation is 1. The van der Waals surface area contributed by atoms with Gasteiger partial charge in [-0.25, -0.2) is 0 Å². The van der Waals surface area contributed by atoms with Crippen molar-refractivity contribution in [2.45, 2.75) is 13.8 Å². The molecule has 1 aromatic carbocycles. The van der Waals surface area contributed by atoms with Gasteiger partial charge in [0.25, 0.3) is 0 Å². The van der Waals surface area contributed by atoms with Crippen LogP contribution in [0.15, 0.2) is 18.2 Å². The van der Waals surface area contributed by atoms with Gasteiger partial charge in [-0.2, -0.15) is 0 Å². The zero-order chi connectivity index (χ0) is 12.1. The molecule has 3 nitrogen and oxygen atoms in total. The Morgan fingerprint density at radius 3 is 2.50 bits per heavy atom. The molecule has 0 unspecified atom stereocenters. The summed E-state index contributed by atoms with van der Waals surface area (Å²) in [4.78, 5) is 0. The van der Waals surface area contributed by atoms with Gasteiger partial charge in [-0.15, -0.1) is 0 Å². The van der Waals surface area contributed by atoms with Crippen molar-refractivity contribution in [2.75, 3.05) is 20.8 Å². The van der Waals surface area contributed by atoms with Crippen LogP contribution in [0.25, 0.3) is 5.57 Å². The van der Waals surface area contributed by atoms with Crippen LogP contribution in [0.2, 0.25) is 0 Å². The van der Waals surface area contributed by atoms with E-state index >= 15 is 0 Å². The van der Waals surface area contributed by atoms with Crippen molar-refractivity contribution in [3.8, 4) is 11.5 Å². The zero-order valence-electron chi connectivity index (χ0n) is 10.2. The van der Waals surface area contributed by atoms with E-state index in [4.69, 9.17) is 14.6 Å². The van der Waals surface area contributed by atoms with Crippen LogP contribution in [0.4, 0.5) is 0 Å². The maximum Gasteiger partial charge on any atom is 0.132 e. The Morgan fingerprint density at radius 1 is 1.31 bits per heavy atom. The summed E-state index contributed by atoms with van der Waals surface area (Å²) in [5.41, 5.74) is 2.89. The number of ether oxygens (including phenoxy) is 2. The Hall–Kier alpha value is -1.48. The van der Waals surface area contributed by atoms with E-state index in [1.807, 2.05) is 26.0 Å². The minimum absolute atomic E-state index is 0.00604. The Kier molecular flexibility index (Phi) is 4.38. The number of hydrogen-bond acceptors (Lipinski definition) is 3. The van der Waals surface area contributed by atoms with Gasteiger partial charge in [-0.3, -0.25) is 0 Å². The highest BCUT2D eigenvalue weighted by atomic mass is 16.5. The maximum atomic E-state index is 8.94. The van der Waals surface area contributed by atoms with Crippen LogP contribution < -0.4 is 9.47 Å². The first-order chi connectivity index (χ1) is 7.65. The number of methoxy groups -OCH3 is 2. The molecule has 1 rings (SSSR count). The smallest absolute Gasteiger partial charge is 0.132 e. The van der Waals surface area contributed by atoms with Gasteiger partial charge in [0.1, 0.15) is 11.5 Å². The molecule has 0 aliphatic carbocycles. The largest absolute Gasteiger partial charge is 0.496 e. The summed E-state index contributed by atoms with van der Waals surface area (Å²) in [6, 6.07) is 3.86. The van der Waals surface area contributed by atoms with E-state index in [9.17, 15) is 0 Å². The SMILES string of the molecule is COc1ccc(C)c(OC)c1/C(C)=C/CO. The van der Waals surface area contributed by atoms with Crippen molar-refractivity contribution in [1.29, 1.82) is 0 Å². The average Bonchev–Trinajstić information content (AvgIpc) is 2.28. The summed E-state index contributed by atoms with van der Waals surface area (Å²) in [6.45, 7) is 3.91. The van der Waals surface area contributed by atoms with Crippen molar-refractivity contribution >= 4 is 5.57 Å². The van der Waals surface area contributed by atoms with Gasteiger partial charge in [0.15, 0.2) is 0 Å². The molecule has 0 aliphatic rings. The normalized spacial score (nSPS) is 11.4. The quantitative estimate of drug-likeness (QED) is 0.850. The van der Waals surface area contributed by atoms with E-state index in [2.05, 4.69) is 0 Å². The van der Waals surface area contributed by atoms with Crippen molar-refractivity contribution in [1.82, 2.24) is 0 Å². The molecule has 0 bridgehead atoms. The lowest BCUT2D eigenvalue weighted by atomic mass is 10.0. The van der Waals surface area contributed by atoms with Gasteiger partial charge in [0.05, 0.1) is 26.4 Å². The Morgan fingerprint density at radius 2 is 2.00 bits per heavy atom. The molecule has 0 atom stereocenters. The van der Waals surface area contributed by atoms with Crippen molar-refractivity contribution in [2.24, 2.45) is 0 Å². The molecule has 0 spiro atoms. The minimum Gasteiger partial charge on any atom is -0.496 e. The third kappa shape index (κ3) is 2.36. The van der Waals surface area contributed by atoms with Crippen molar-refractivity contribution in [3.05, 3.63) is 29.3 Å². The van der Waals surface area contributed by atoms with Crippen molar-refractivity contribution < 1.29 is 14.6 Å². The summed E-state index contributed by atoms with van der Waals surface area (Å²) in [6.07, 6.45) is 1.74. The van der Waals surface area contributed by atoms with Gasteiger partial charge in [0.2, 0.25) is 0 Å². The topological polar surface area (TPSA) is 38.7 Å². The van der Waals surface area contributed by atoms with Crippen LogP contribution in [0.3, 0.4) is 0 Å². The van der Waals surface area contributed by atoms with E-state index in [0.717, 1.165) is 28.2 Å². The fourth-order valence-corrected chi connectivity index (χ4v) is 1.71. The molecular formula is C13H18O3. The fraction of sp³-hybridized carbons (Fsp3) is 0.385. The van der Waals surface area contributed by atoms with Crippen molar-refractivity contribution in [3.63, 3.8) is 0 Å². The van der Waals surface area contributed by atoms with Gasteiger partial charge in [-0.1, -0.05) is 12.1 Å². The van der Waals surface area contributed by atoms with Gasteiger partial charge < -0.3 is 14.6 Å². The van der Waals surface area contributed by atoms with Crippen LogP contribution in [0.5, 0.6) is 11.5 Å². The highest BCUT2D eigenvalue weighted by Gasteiger charge is 2.13. The predicted molar refractivity (Wildman–Crippen MR) is 65.0 cm³/mol. The molecule has 1 N–H and O–H groups in total. The first kappa shape index (κ1) is 12.6. The van der Waals surface area contributed by atoms with Crippen LogP contribution in [-0.4, -0.2) is 25.9 Å². The highest BCUT2D eigenvalue weighted by Crippen LogP contribution is 2.36. The number of benzene rings is 1. The number of rotatable bonds is 4. The van der Waals surface area contributed by atoms with Gasteiger partial charge >= 0.3 is 0 Å². The number of aliphatic hydroxyl groups excluding tert-OH is 1. The molecule has 0 fully saturated rings. The number of hydrogen-bond donors (Lipinski definition) is 1. The average molecular weight is 222 g/mol. The Bertz CT molecular complexity index is 394. The zero-order valence-corrected chi connectivity index (χ0v) is 10.2. The van der Waals surface area contributed by atoms with Crippen LogP contribution in [0, 0.1) is 6.92 Å². The van der Waals surface area contributed by atoms with Crippen LogP contribution in [0.1, 0.15) is 18.1 Å². The fourth-order valence-electron chi connectivity index (χ4n) is 1.71. The molecule has 0 radical (unpaired) electrons. The monoisotopic (exact) mass is 222 g/mol. The minimum atomic E-state index is 0.00604. The lowest BCUT2D eigenvalue weighted by molar-refractivity contribution is 0.343. The highest BCUT2D eigenvalue weighted by molar-refractivity contribution is 5.75. The number of aliphatic hydroxyl groups is 1. The second kappa shape index (κ2) is 5.56. The molecular weight excluding hydrogens is 204 g/mol. The van der Waals surface area contributed by atoms with E-state index in [1.54, 1.807) is 20.3 Å². The molecule has 0 saturated carbocycles. The van der Waals surface area contributed by atoms with E-state index in [0.29, 0.717) is 0 Å². The van der Waals surface area contributed by atoms with E-state index in [1.165, 1.54) is 0 Å². The predicted octanol–water partition coefficient (Wildman–Crippen LogP) is 2.41. The van der Waals surface area contributed by atoms with E-state index < -0.39 is 0 Å². The molecule has 0 aromatic heterocycles. The maximum absolute atomic E-state index is 8.94. The summed E-state index contributed by atoms with van der Waals surface area (Å²) in [5.74, 6) is 1.55. The second-order valence-electron chi connectivity index (χ2n) is 3.56. The molecule has 16 heavy (non-hydrogen) atoms. The first-order valence-electron chi connectivity index (χ1n) is 5.15. The number of allylic oxidation sites excluding steroid dienone is 1. The third-order valence-electron chi connectivity index (χ3n) is 2.53. The lowest BCUT2D eigenvalue weighted by Crippen LogP contribution is -1.97. The lowest BCUT2D eigenvalue weighted by Gasteiger charge is -2.15. The molecule has 88 valence electrons. The second-order valence-corrected chi connectivity index (χ2v) is 3.56. The summed E-state index contributed by atoms with van der Waals surface area (Å²) in [5, 5.41) is 8.94. The van der Waals surface area contributed by atoms with E-state index in [-0.39, 0.29) is 6.61 Å². The molecule has 3 heteroatoms. The van der Waals surface area contributed by atoms with Crippen LogP contribution >= 0.6 is 0 Å². The Labute approximate surface area is 96.3 Å². The summed E-state index contributed by atoms with van der Waals surface area (Å²) < 4.78 is 10.7. The third-order valence-corrected chi connectivity index (χ3v) is 2.53. The molecule has 0 heterocycles. The summed E-state index contributed by atoms with van der Waals surface area (Å²) in [7, 11) is 3.26. The summed E-state index contributed by atoms with van der Waals surface area (Å²) >= 11 is 0.